The number of carbonyl (C=O) groups excluding carboxylic acids is 1. The maximum absolute atomic E-state index is 12.5. The van der Waals surface area contributed by atoms with Gasteiger partial charge in [-0.05, 0) is 44.9 Å². The van der Waals surface area contributed by atoms with E-state index >= 15 is 0 Å². The van der Waals surface area contributed by atoms with E-state index < -0.39 is 0 Å². The summed E-state index contributed by atoms with van der Waals surface area (Å²) in [5.74, 6) is 0.603. The van der Waals surface area contributed by atoms with Gasteiger partial charge in [-0.3, -0.25) is 4.79 Å². The van der Waals surface area contributed by atoms with E-state index in [1.165, 1.54) is 0 Å². The largest absolute Gasteiger partial charge is 0.345 e. The van der Waals surface area contributed by atoms with Gasteiger partial charge < -0.3 is 11.1 Å². The van der Waals surface area contributed by atoms with Crippen LogP contribution in [-0.2, 0) is 0 Å². The smallest absolute Gasteiger partial charge is 0.253 e. The van der Waals surface area contributed by atoms with E-state index in [4.69, 9.17) is 5.73 Å². The van der Waals surface area contributed by atoms with Crippen molar-refractivity contribution in [2.45, 2.75) is 45.1 Å². The summed E-state index contributed by atoms with van der Waals surface area (Å²) in [6, 6.07) is 5.60. The molecule has 8 heteroatoms. The Morgan fingerprint density at radius 3 is 2.44 bits per heavy atom. The lowest BCUT2D eigenvalue weighted by molar-refractivity contribution is 0.0902. The molecular weight excluding hydrogens is 361 g/mol. The monoisotopic (exact) mass is 385 g/mol. The molecule has 0 radical (unpaired) electrons. The molecule has 3 N–H and O–H groups in total. The Labute approximate surface area is 160 Å². The highest BCUT2D eigenvalue weighted by Crippen LogP contribution is 2.28. The molecule has 3 rings (SSSR count). The Balaban J connectivity index is 0.00000156. The number of nitrogens with one attached hydrogen (secondary N) is 1. The van der Waals surface area contributed by atoms with Crippen LogP contribution in [0.15, 0.2) is 24.4 Å². The molecule has 0 bridgehead atoms. The SMILES string of the molecule is Cc1cc(C)n(-c2ccc(C(=O)NC3(CN)CCCC3)cn2)n1.Cl.Cl. The van der Waals surface area contributed by atoms with Crippen molar-refractivity contribution in [2.24, 2.45) is 5.73 Å². The molecular formula is C17H25Cl2N5O. The van der Waals surface area contributed by atoms with Crippen LogP contribution >= 0.6 is 24.8 Å². The predicted molar refractivity (Wildman–Crippen MR) is 103 cm³/mol. The van der Waals surface area contributed by atoms with Gasteiger partial charge in [-0.1, -0.05) is 12.8 Å². The van der Waals surface area contributed by atoms with Crippen LogP contribution < -0.4 is 11.1 Å². The molecule has 2 aromatic rings. The van der Waals surface area contributed by atoms with Crippen LogP contribution in [0.5, 0.6) is 0 Å². The number of halogens is 2. The van der Waals surface area contributed by atoms with Gasteiger partial charge in [0.2, 0.25) is 0 Å². The second-order valence-electron chi connectivity index (χ2n) is 6.39. The highest BCUT2D eigenvalue weighted by Gasteiger charge is 2.34. The van der Waals surface area contributed by atoms with E-state index in [1.54, 1.807) is 16.9 Å². The summed E-state index contributed by atoms with van der Waals surface area (Å²) in [6.45, 7) is 4.41. The van der Waals surface area contributed by atoms with Crippen LogP contribution in [-0.4, -0.2) is 32.8 Å². The maximum Gasteiger partial charge on any atom is 0.253 e. The Morgan fingerprint density at radius 1 is 1.28 bits per heavy atom. The average molecular weight is 386 g/mol. The van der Waals surface area contributed by atoms with Gasteiger partial charge in [0.05, 0.1) is 16.8 Å². The minimum atomic E-state index is -0.245. The van der Waals surface area contributed by atoms with E-state index in [9.17, 15) is 4.79 Å². The summed E-state index contributed by atoms with van der Waals surface area (Å²) in [6.07, 6.45) is 5.73. The fourth-order valence-corrected chi connectivity index (χ4v) is 3.25. The van der Waals surface area contributed by atoms with Crippen molar-refractivity contribution < 1.29 is 4.79 Å². The quantitative estimate of drug-likeness (QED) is 0.846. The number of aryl methyl sites for hydroxylation is 2. The first kappa shape index (κ1) is 21.4. The van der Waals surface area contributed by atoms with Crippen LogP contribution in [0.25, 0.3) is 5.82 Å². The maximum atomic E-state index is 12.5. The molecule has 0 atom stereocenters. The lowest BCUT2D eigenvalue weighted by Crippen LogP contribution is -2.51. The molecule has 0 aromatic carbocycles. The first-order chi connectivity index (χ1) is 11.0. The number of nitrogens with zero attached hydrogens (tertiary/aromatic N) is 3. The molecule has 0 saturated heterocycles. The van der Waals surface area contributed by atoms with Crippen LogP contribution in [0, 0.1) is 13.8 Å². The number of hydrogen-bond acceptors (Lipinski definition) is 4. The zero-order valence-corrected chi connectivity index (χ0v) is 16.1. The lowest BCUT2D eigenvalue weighted by Gasteiger charge is -2.28. The Bertz CT molecular complexity index is 708. The fraction of sp³-hybridized carbons (Fsp3) is 0.471. The summed E-state index contributed by atoms with van der Waals surface area (Å²) in [5, 5.41) is 7.51. The molecule has 1 aliphatic rings. The minimum Gasteiger partial charge on any atom is -0.345 e. The summed E-state index contributed by atoms with van der Waals surface area (Å²) in [4.78, 5) is 16.8. The fourth-order valence-electron chi connectivity index (χ4n) is 3.25. The molecule has 25 heavy (non-hydrogen) atoms. The normalized spacial score (nSPS) is 15.2. The first-order valence-corrected chi connectivity index (χ1v) is 8.05. The third kappa shape index (κ3) is 4.51. The van der Waals surface area contributed by atoms with E-state index in [1.807, 2.05) is 26.0 Å². The van der Waals surface area contributed by atoms with E-state index in [2.05, 4.69) is 15.4 Å². The molecule has 2 heterocycles. The van der Waals surface area contributed by atoms with E-state index in [0.717, 1.165) is 37.1 Å². The van der Waals surface area contributed by atoms with Crippen LogP contribution in [0.3, 0.4) is 0 Å². The zero-order valence-electron chi connectivity index (χ0n) is 14.5. The molecule has 1 aliphatic carbocycles. The van der Waals surface area contributed by atoms with E-state index in [-0.39, 0.29) is 36.3 Å². The topological polar surface area (TPSA) is 85.8 Å². The van der Waals surface area contributed by atoms with Crippen molar-refractivity contribution in [3.05, 3.63) is 41.3 Å². The van der Waals surface area contributed by atoms with Gasteiger partial charge in [0.25, 0.3) is 5.91 Å². The number of nitrogens with two attached hydrogens (primary N) is 1. The van der Waals surface area contributed by atoms with Gasteiger partial charge in [0, 0.05) is 18.4 Å². The highest BCUT2D eigenvalue weighted by molar-refractivity contribution is 5.94. The van der Waals surface area contributed by atoms with Crippen molar-refractivity contribution >= 4 is 30.7 Å². The molecule has 1 fully saturated rings. The van der Waals surface area contributed by atoms with Gasteiger partial charge in [-0.25, -0.2) is 9.67 Å². The number of pyridine rings is 1. The molecule has 6 nitrogen and oxygen atoms in total. The predicted octanol–water partition coefficient (Wildman–Crippen LogP) is 2.73. The van der Waals surface area contributed by atoms with Crippen LogP contribution in [0.4, 0.5) is 0 Å². The molecule has 0 unspecified atom stereocenters. The Kier molecular flexibility index (Phi) is 7.41. The van der Waals surface area contributed by atoms with Crippen molar-refractivity contribution in [1.82, 2.24) is 20.1 Å². The highest BCUT2D eigenvalue weighted by atomic mass is 35.5. The van der Waals surface area contributed by atoms with Gasteiger partial charge in [-0.15, -0.1) is 24.8 Å². The standard InChI is InChI=1S/C17H23N5O.2ClH/c1-12-9-13(2)22(21-12)15-6-5-14(10-19-15)16(23)20-17(11-18)7-3-4-8-17;;/h5-6,9-10H,3-4,7-8,11,18H2,1-2H3,(H,20,23);2*1H. The van der Waals surface area contributed by atoms with E-state index in [0.29, 0.717) is 17.9 Å². The van der Waals surface area contributed by atoms with Gasteiger partial charge in [0.1, 0.15) is 0 Å². The molecule has 1 saturated carbocycles. The number of amides is 1. The summed E-state index contributed by atoms with van der Waals surface area (Å²) in [7, 11) is 0. The van der Waals surface area contributed by atoms with Gasteiger partial charge >= 0.3 is 0 Å². The molecule has 0 aliphatic heterocycles. The summed E-state index contributed by atoms with van der Waals surface area (Å²) >= 11 is 0. The Hall–Kier alpha value is -1.63. The third-order valence-electron chi connectivity index (χ3n) is 4.57. The van der Waals surface area contributed by atoms with Gasteiger partial charge in [-0.2, -0.15) is 5.10 Å². The number of carbonyl (C=O) groups is 1. The zero-order chi connectivity index (χ0) is 16.4. The Morgan fingerprint density at radius 2 is 1.96 bits per heavy atom. The van der Waals surface area contributed by atoms with Crippen molar-refractivity contribution in [3.63, 3.8) is 0 Å². The average Bonchev–Trinajstić information content (AvgIpc) is 3.14. The summed E-state index contributed by atoms with van der Waals surface area (Å²) < 4.78 is 1.77. The first-order valence-electron chi connectivity index (χ1n) is 8.05. The van der Waals surface area contributed by atoms with Crippen molar-refractivity contribution in [1.29, 1.82) is 0 Å². The number of aromatic nitrogens is 3. The lowest BCUT2D eigenvalue weighted by atomic mass is 9.97. The van der Waals surface area contributed by atoms with Crippen LogP contribution in [0.2, 0.25) is 0 Å². The van der Waals surface area contributed by atoms with Crippen LogP contribution in [0.1, 0.15) is 47.4 Å². The van der Waals surface area contributed by atoms with Crippen molar-refractivity contribution in [3.8, 4) is 5.82 Å². The number of rotatable bonds is 4. The molecule has 138 valence electrons. The van der Waals surface area contributed by atoms with Crippen molar-refractivity contribution in [2.75, 3.05) is 6.54 Å². The second-order valence-corrected chi connectivity index (χ2v) is 6.39. The molecule has 0 spiro atoms. The third-order valence-corrected chi connectivity index (χ3v) is 4.57. The van der Waals surface area contributed by atoms with Gasteiger partial charge in [0.15, 0.2) is 5.82 Å². The number of hydrogen-bond donors (Lipinski definition) is 2. The minimum absolute atomic E-state index is 0. The molecule has 2 aromatic heterocycles. The molecule has 1 amide bonds. The summed E-state index contributed by atoms with van der Waals surface area (Å²) in [5.41, 5.74) is 8.13. The second kappa shape index (κ2) is 8.65.